The summed E-state index contributed by atoms with van der Waals surface area (Å²) >= 11 is 0. The van der Waals surface area contributed by atoms with Crippen molar-refractivity contribution >= 4 is 27.5 Å². The van der Waals surface area contributed by atoms with Crippen molar-refractivity contribution < 1.29 is 4.74 Å². The third-order valence-electron chi connectivity index (χ3n) is 10.3. The van der Waals surface area contributed by atoms with Crippen molar-refractivity contribution in [3.05, 3.63) is 150 Å². The second-order valence-electron chi connectivity index (χ2n) is 15.4. The zero-order chi connectivity index (χ0) is 35.6. The second kappa shape index (κ2) is 12.3. The van der Waals surface area contributed by atoms with Crippen LogP contribution in [-0.4, -0.2) is 31.6 Å². The maximum Gasteiger partial charge on any atom is 0.137 e. The molecule has 1 unspecified atom stereocenters. The van der Waals surface area contributed by atoms with E-state index in [4.69, 9.17) is 9.72 Å². The minimum atomic E-state index is 0.00283. The largest absolute Gasteiger partial charge is 0.457 e. The summed E-state index contributed by atoms with van der Waals surface area (Å²) in [6, 6.07) is 31.0. The molecule has 2 aliphatic rings. The van der Waals surface area contributed by atoms with E-state index in [1.807, 2.05) is 6.20 Å². The number of aromatic nitrogens is 2. The standard InChI is InChI=1S/C46H46N4O/c1-29(2)49-28-42(48-20-12-11-15-44(48)49)33-23-34(45-31(4)21-30(3)22-32(45)5)25-37(24-33)51-36-16-17-39-38-13-9-10-14-40(38)50(41(39)27-36)43-26-35(18-19-47-43)46(6,7)8/h9-29,44H,1-8H3. The van der Waals surface area contributed by atoms with E-state index in [9.17, 15) is 0 Å². The van der Waals surface area contributed by atoms with Crippen molar-refractivity contribution in [2.24, 2.45) is 0 Å². The van der Waals surface area contributed by atoms with E-state index in [1.54, 1.807) is 0 Å². The molecular formula is C46H46N4O. The molecule has 0 fully saturated rings. The quantitative estimate of drug-likeness (QED) is 0.177. The predicted molar refractivity (Wildman–Crippen MR) is 212 cm³/mol. The van der Waals surface area contributed by atoms with E-state index >= 15 is 0 Å². The van der Waals surface area contributed by atoms with Gasteiger partial charge in [-0.15, -0.1) is 0 Å². The monoisotopic (exact) mass is 670 g/mol. The lowest BCUT2D eigenvalue weighted by Gasteiger charge is -2.33. The number of fused-ring (bicyclic) bond motifs is 4. The van der Waals surface area contributed by atoms with Crippen LogP contribution in [0.5, 0.6) is 11.5 Å². The lowest BCUT2D eigenvalue weighted by Crippen LogP contribution is -2.39. The fraction of sp³-hybridized carbons (Fsp3) is 0.239. The van der Waals surface area contributed by atoms with E-state index < -0.39 is 0 Å². The fourth-order valence-electron chi connectivity index (χ4n) is 7.90. The Labute approximate surface area is 301 Å². The highest BCUT2D eigenvalue weighted by Crippen LogP contribution is 2.41. The van der Waals surface area contributed by atoms with Crippen LogP contribution >= 0.6 is 0 Å². The smallest absolute Gasteiger partial charge is 0.137 e. The second-order valence-corrected chi connectivity index (χ2v) is 15.4. The number of allylic oxidation sites excluding steroid dienone is 2. The van der Waals surface area contributed by atoms with Crippen LogP contribution in [0.1, 0.15) is 62.4 Å². The van der Waals surface area contributed by atoms with Gasteiger partial charge >= 0.3 is 0 Å². The van der Waals surface area contributed by atoms with Gasteiger partial charge in [0.2, 0.25) is 0 Å². The normalized spacial score (nSPS) is 15.7. The SMILES string of the molecule is Cc1cc(C)c(-c2cc(Oc3ccc4c5ccccc5n(-c5cc(C(C)(C)C)ccn5)c4c3)cc(C3=CN(C(C)C)C4C=CC=CN34)c2)c(C)c1. The Morgan fingerprint density at radius 2 is 1.49 bits per heavy atom. The number of hydrogen-bond acceptors (Lipinski definition) is 4. The molecule has 0 amide bonds. The topological polar surface area (TPSA) is 33.5 Å². The molecule has 8 rings (SSSR count). The van der Waals surface area contributed by atoms with Crippen molar-refractivity contribution in [2.75, 3.05) is 0 Å². The van der Waals surface area contributed by atoms with Gasteiger partial charge in [0.1, 0.15) is 23.5 Å². The first-order chi connectivity index (χ1) is 24.5. The molecule has 51 heavy (non-hydrogen) atoms. The van der Waals surface area contributed by atoms with Crippen molar-refractivity contribution in [1.29, 1.82) is 0 Å². The molecule has 0 saturated heterocycles. The summed E-state index contributed by atoms with van der Waals surface area (Å²) in [4.78, 5) is 9.66. The van der Waals surface area contributed by atoms with Crippen LogP contribution in [0.2, 0.25) is 0 Å². The van der Waals surface area contributed by atoms with Crippen molar-refractivity contribution in [3.63, 3.8) is 0 Å². The maximum atomic E-state index is 6.90. The third kappa shape index (κ3) is 5.81. The van der Waals surface area contributed by atoms with E-state index in [-0.39, 0.29) is 11.6 Å². The first-order valence-electron chi connectivity index (χ1n) is 18.0. The molecule has 0 spiro atoms. The number of pyridine rings is 1. The first kappa shape index (κ1) is 32.6. The van der Waals surface area contributed by atoms with Crippen LogP contribution < -0.4 is 4.74 Å². The van der Waals surface area contributed by atoms with Crippen LogP contribution in [0.25, 0.3) is 44.4 Å². The Kier molecular flexibility index (Phi) is 7.90. The van der Waals surface area contributed by atoms with Gasteiger partial charge < -0.3 is 14.5 Å². The summed E-state index contributed by atoms with van der Waals surface area (Å²) in [5.41, 5.74) is 11.9. The molecule has 6 aromatic rings. The number of hydrogen-bond donors (Lipinski definition) is 0. The molecule has 5 nitrogen and oxygen atoms in total. The van der Waals surface area contributed by atoms with E-state index in [2.05, 4.69) is 185 Å². The highest BCUT2D eigenvalue weighted by molar-refractivity contribution is 6.09. The first-order valence-corrected chi connectivity index (χ1v) is 18.0. The van der Waals surface area contributed by atoms with Gasteiger partial charge in [0.15, 0.2) is 0 Å². The molecule has 2 aromatic heterocycles. The lowest BCUT2D eigenvalue weighted by atomic mass is 9.88. The van der Waals surface area contributed by atoms with E-state index in [0.29, 0.717) is 6.04 Å². The number of benzene rings is 4. The van der Waals surface area contributed by atoms with Crippen molar-refractivity contribution in [3.8, 4) is 28.4 Å². The number of aryl methyl sites for hydroxylation is 3. The molecule has 0 radical (unpaired) electrons. The molecule has 0 bridgehead atoms. The number of ether oxygens (including phenoxy) is 1. The van der Waals surface area contributed by atoms with Gasteiger partial charge in [0, 0.05) is 47.0 Å². The summed E-state index contributed by atoms with van der Waals surface area (Å²) in [5, 5.41) is 2.36. The van der Waals surface area contributed by atoms with Crippen LogP contribution in [0, 0.1) is 20.8 Å². The summed E-state index contributed by atoms with van der Waals surface area (Å²) in [6.07, 6.45) is 13.1. The Morgan fingerprint density at radius 3 is 2.25 bits per heavy atom. The molecule has 0 saturated carbocycles. The Hall–Kier alpha value is -5.55. The van der Waals surface area contributed by atoms with Gasteiger partial charge in [-0.3, -0.25) is 4.57 Å². The summed E-state index contributed by atoms with van der Waals surface area (Å²) < 4.78 is 9.17. The van der Waals surface area contributed by atoms with Gasteiger partial charge in [-0.2, -0.15) is 0 Å². The van der Waals surface area contributed by atoms with Gasteiger partial charge in [-0.25, -0.2) is 4.98 Å². The van der Waals surface area contributed by atoms with Crippen LogP contribution in [0.15, 0.2) is 122 Å². The van der Waals surface area contributed by atoms with Gasteiger partial charge in [-0.1, -0.05) is 62.7 Å². The molecule has 256 valence electrons. The zero-order valence-electron chi connectivity index (χ0n) is 30.9. The Morgan fingerprint density at radius 1 is 0.745 bits per heavy atom. The van der Waals surface area contributed by atoms with Crippen LogP contribution in [-0.2, 0) is 5.41 Å². The molecule has 4 heterocycles. The minimum absolute atomic E-state index is 0.00283. The summed E-state index contributed by atoms with van der Waals surface area (Å²) in [6.45, 7) is 17.8. The predicted octanol–water partition coefficient (Wildman–Crippen LogP) is 11.6. The van der Waals surface area contributed by atoms with Gasteiger partial charge in [0.05, 0.1) is 16.7 Å². The molecule has 0 N–H and O–H groups in total. The lowest BCUT2D eigenvalue weighted by molar-refractivity contribution is 0.203. The Balaban J connectivity index is 1.28. The molecule has 4 aromatic carbocycles. The van der Waals surface area contributed by atoms with Crippen molar-refractivity contribution in [2.45, 2.75) is 73.0 Å². The average molecular weight is 671 g/mol. The minimum Gasteiger partial charge on any atom is -0.457 e. The van der Waals surface area contributed by atoms with Crippen LogP contribution in [0.4, 0.5) is 0 Å². The molecule has 1 atom stereocenters. The number of rotatable bonds is 6. The van der Waals surface area contributed by atoms with Gasteiger partial charge in [-0.05, 0) is 129 Å². The fourth-order valence-corrected chi connectivity index (χ4v) is 7.90. The number of nitrogens with zero attached hydrogens (tertiary/aromatic N) is 4. The molecular weight excluding hydrogens is 625 g/mol. The van der Waals surface area contributed by atoms with E-state index in [0.717, 1.165) is 45.2 Å². The Bertz CT molecular complexity index is 2400. The molecule has 2 aliphatic heterocycles. The average Bonchev–Trinajstić information content (AvgIpc) is 3.64. The molecule has 5 heteroatoms. The van der Waals surface area contributed by atoms with Gasteiger partial charge in [0.25, 0.3) is 0 Å². The maximum absolute atomic E-state index is 6.90. The number of para-hydroxylation sites is 1. The summed E-state index contributed by atoms with van der Waals surface area (Å²) in [7, 11) is 0. The van der Waals surface area contributed by atoms with Crippen LogP contribution in [0.3, 0.4) is 0 Å². The zero-order valence-corrected chi connectivity index (χ0v) is 30.9. The molecule has 0 aliphatic carbocycles. The van der Waals surface area contributed by atoms with Crippen molar-refractivity contribution in [1.82, 2.24) is 19.4 Å². The summed E-state index contributed by atoms with van der Waals surface area (Å²) in [5.74, 6) is 2.48. The highest BCUT2D eigenvalue weighted by atomic mass is 16.5. The highest BCUT2D eigenvalue weighted by Gasteiger charge is 2.32. The van der Waals surface area contributed by atoms with E-state index in [1.165, 1.54) is 38.6 Å². The third-order valence-corrected chi connectivity index (χ3v) is 10.3.